The molecule has 4 aromatic carbocycles. The van der Waals surface area contributed by atoms with Gasteiger partial charge < -0.3 is 20.0 Å². The number of benzene rings is 4. The summed E-state index contributed by atoms with van der Waals surface area (Å²) in [6.45, 7) is 4.87. The van der Waals surface area contributed by atoms with Crippen molar-refractivity contribution in [2.45, 2.75) is 76.0 Å². The zero-order valence-electron chi connectivity index (χ0n) is 24.4. The lowest BCUT2D eigenvalue weighted by atomic mass is 9.92. The smallest absolute Gasteiger partial charge is 0.227 e. The Bertz CT molecular complexity index is 1590. The lowest BCUT2D eigenvalue weighted by Gasteiger charge is -2.19. The van der Waals surface area contributed by atoms with E-state index in [0.29, 0.717) is 38.8 Å². The highest BCUT2D eigenvalue weighted by molar-refractivity contribution is 6.22. The van der Waals surface area contributed by atoms with Gasteiger partial charge in [-0.2, -0.15) is 0 Å². The summed E-state index contributed by atoms with van der Waals surface area (Å²) in [6.07, 6.45) is 2.74. The number of phenols is 2. The van der Waals surface area contributed by atoms with Gasteiger partial charge in [-0.25, -0.2) is 0 Å². The van der Waals surface area contributed by atoms with Gasteiger partial charge in [-0.1, -0.05) is 62.4 Å². The first-order valence-corrected chi connectivity index (χ1v) is 15.9. The van der Waals surface area contributed by atoms with E-state index in [-0.39, 0.29) is 53.3 Å². The summed E-state index contributed by atoms with van der Waals surface area (Å²) in [5, 5.41) is 24.4. The minimum absolute atomic E-state index is 0. The molecule has 0 fully saturated rings. The largest absolute Gasteiger partial charge is 0.507 e. The van der Waals surface area contributed by atoms with Crippen LogP contribution in [0.25, 0.3) is 21.5 Å². The molecule has 2 aliphatic heterocycles. The van der Waals surface area contributed by atoms with Crippen LogP contribution in [0.5, 0.6) is 11.5 Å². The highest BCUT2D eigenvalue weighted by atomic mass is 35.5. The first kappa shape index (κ1) is 31.9. The molecule has 44 heavy (non-hydrogen) atoms. The van der Waals surface area contributed by atoms with Crippen molar-refractivity contribution < 1.29 is 19.8 Å². The van der Waals surface area contributed by atoms with Crippen molar-refractivity contribution in [1.29, 1.82) is 0 Å². The van der Waals surface area contributed by atoms with Crippen LogP contribution in [0.3, 0.4) is 0 Å². The number of anilines is 2. The highest BCUT2D eigenvalue weighted by Crippen LogP contribution is 2.48. The molecule has 0 radical (unpaired) electrons. The number of hydrogen-bond acceptors (Lipinski definition) is 4. The number of hydrogen-bond donors (Lipinski definition) is 2. The topological polar surface area (TPSA) is 81.1 Å². The molecule has 2 heterocycles. The minimum atomic E-state index is -0.174. The molecule has 8 heteroatoms. The second-order valence-electron chi connectivity index (χ2n) is 11.9. The van der Waals surface area contributed by atoms with E-state index in [4.69, 9.17) is 23.2 Å². The van der Waals surface area contributed by atoms with Crippen LogP contribution in [-0.4, -0.2) is 45.9 Å². The molecular formula is C36H40Cl2N2O4. The standard InChI is InChI=1S/C35H36Cl2N2O4.CH4/c1-20(36)26-18-38(28-16-30(40)22-10-6-8-12-24(22)34(26)28)32(42)14-4-3-5-15-33(43)39-19-27(21(2)37)35-25-13-9-7-11-23(25)31(41)17-29(35)39;/h6-13,16-17,20-21,26-27,40-41H,3-5,14-15,18-19H2,1-2H3;1H4. The molecule has 232 valence electrons. The number of amides is 2. The maximum atomic E-state index is 13.4. The fourth-order valence-electron chi connectivity index (χ4n) is 6.95. The van der Waals surface area contributed by atoms with Crippen LogP contribution in [-0.2, 0) is 9.59 Å². The Morgan fingerprint density at radius 1 is 0.705 bits per heavy atom. The first-order valence-electron chi connectivity index (χ1n) is 15.1. The van der Waals surface area contributed by atoms with Gasteiger partial charge in [0.25, 0.3) is 0 Å². The van der Waals surface area contributed by atoms with Crippen molar-refractivity contribution in [1.82, 2.24) is 0 Å². The molecule has 4 unspecified atom stereocenters. The summed E-state index contributed by atoms with van der Waals surface area (Å²) in [7, 11) is 0. The van der Waals surface area contributed by atoms with E-state index in [0.717, 1.165) is 50.5 Å². The number of aromatic hydroxyl groups is 2. The lowest BCUT2D eigenvalue weighted by molar-refractivity contribution is -0.119. The third kappa shape index (κ3) is 5.59. The predicted octanol–water partition coefficient (Wildman–Crippen LogP) is 8.81. The molecule has 0 spiro atoms. The predicted molar refractivity (Wildman–Crippen MR) is 182 cm³/mol. The van der Waals surface area contributed by atoms with E-state index in [1.807, 2.05) is 62.4 Å². The van der Waals surface area contributed by atoms with E-state index in [1.54, 1.807) is 21.9 Å². The second-order valence-corrected chi connectivity index (χ2v) is 13.3. The van der Waals surface area contributed by atoms with E-state index in [1.165, 1.54) is 0 Å². The Morgan fingerprint density at radius 2 is 1.07 bits per heavy atom. The highest BCUT2D eigenvalue weighted by Gasteiger charge is 2.38. The van der Waals surface area contributed by atoms with Crippen molar-refractivity contribution in [3.63, 3.8) is 0 Å². The SMILES string of the molecule is C.CC(Cl)C1CN(C(=O)CCCCCC(=O)N2CC(C(C)Cl)c3c2cc(O)c2ccccc32)c2cc(O)c3ccccc3c21. The van der Waals surface area contributed by atoms with Gasteiger partial charge in [0.05, 0.1) is 11.4 Å². The number of phenolic OH excluding ortho intramolecular Hbond substituents is 2. The van der Waals surface area contributed by atoms with Crippen molar-refractivity contribution in [2.24, 2.45) is 0 Å². The average molecular weight is 636 g/mol. The normalized spacial score (nSPS) is 18.6. The molecule has 2 amide bonds. The molecule has 0 aromatic heterocycles. The van der Waals surface area contributed by atoms with Crippen LogP contribution in [0.4, 0.5) is 11.4 Å². The van der Waals surface area contributed by atoms with Gasteiger partial charge in [-0.15, -0.1) is 23.2 Å². The Labute approximate surface area is 269 Å². The molecule has 6 rings (SSSR count). The summed E-state index contributed by atoms with van der Waals surface area (Å²) in [6, 6.07) is 18.8. The van der Waals surface area contributed by atoms with Gasteiger partial charge in [0.1, 0.15) is 11.5 Å². The van der Waals surface area contributed by atoms with Crippen LogP contribution in [0, 0.1) is 0 Å². The number of rotatable bonds is 8. The zero-order chi connectivity index (χ0) is 30.4. The molecule has 0 bridgehead atoms. The third-order valence-electron chi connectivity index (χ3n) is 9.16. The molecular weight excluding hydrogens is 595 g/mol. The number of nitrogens with zero attached hydrogens (tertiary/aromatic N) is 2. The van der Waals surface area contributed by atoms with E-state index in [2.05, 4.69) is 0 Å². The van der Waals surface area contributed by atoms with Crippen molar-refractivity contribution in [2.75, 3.05) is 22.9 Å². The quantitative estimate of drug-likeness (QED) is 0.150. The van der Waals surface area contributed by atoms with Crippen molar-refractivity contribution >= 4 is 67.9 Å². The van der Waals surface area contributed by atoms with Crippen molar-refractivity contribution in [3.8, 4) is 11.5 Å². The molecule has 4 atom stereocenters. The van der Waals surface area contributed by atoms with Crippen LogP contribution in [0.2, 0.25) is 0 Å². The molecule has 6 nitrogen and oxygen atoms in total. The van der Waals surface area contributed by atoms with Crippen LogP contribution in [0.15, 0.2) is 60.7 Å². The van der Waals surface area contributed by atoms with Crippen molar-refractivity contribution in [3.05, 3.63) is 71.8 Å². The summed E-state index contributed by atoms with van der Waals surface area (Å²) in [5.41, 5.74) is 3.51. The lowest BCUT2D eigenvalue weighted by Crippen LogP contribution is -2.31. The van der Waals surface area contributed by atoms with E-state index in [9.17, 15) is 19.8 Å². The summed E-state index contributed by atoms with van der Waals surface area (Å²) < 4.78 is 0. The second kappa shape index (κ2) is 12.9. The van der Waals surface area contributed by atoms with Crippen LogP contribution >= 0.6 is 23.2 Å². The van der Waals surface area contributed by atoms with E-state index >= 15 is 0 Å². The third-order valence-corrected chi connectivity index (χ3v) is 9.77. The Kier molecular flexibility index (Phi) is 9.33. The first-order chi connectivity index (χ1) is 20.7. The van der Waals surface area contributed by atoms with Gasteiger partial charge in [0, 0.05) is 71.4 Å². The zero-order valence-corrected chi connectivity index (χ0v) is 25.9. The van der Waals surface area contributed by atoms with Crippen LogP contribution < -0.4 is 9.80 Å². The number of carbonyl (C=O) groups excluding carboxylic acids is 2. The Balaban J connectivity index is 0.00000384. The number of unbranched alkanes of at least 4 members (excludes halogenated alkanes) is 2. The van der Waals surface area contributed by atoms with E-state index < -0.39 is 0 Å². The number of carbonyl (C=O) groups is 2. The molecule has 4 aromatic rings. The summed E-state index contributed by atoms with van der Waals surface area (Å²) >= 11 is 13.2. The fourth-order valence-corrected chi connectivity index (χ4v) is 7.36. The maximum absolute atomic E-state index is 13.4. The van der Waals surface area contributed by atoms with Crippen LogP contribution in [0.1, 0.15) is 76.3 Å². The summed E-state index contributed by atoms with van der Waals surface area (Å²) in [4.78, 5) is 30.3. The van der Waals surface area contributed by atoms with Gasteiger partial charge in [-0.05, 0) is 48.6 Å². The average Bonchev–Trinajstić information content (AvgIpc) is 3.57. The van der Waals surface area contributed by atoms with Gasteiger partial charge >= 0.3 is 0 Å². The maximum Gasteiger partial charge on any atom is 0.227 e. The summed E-state index contributed by atoms with van der Waals surface area (Å²) in [5.74, 6) is 0.258. The molecule has 0 aliphatic carbocycles. The Morgan fingerprint density at radius 3 is 1.43 bits per heavy atom. The molecule has 2 aliphatic rings. The number of alkyl halides is 2. The molecule has 0 saturated heterocycles. The number of fused-ring (bicyclic) bond motifs is 6. The monoisotopic (exact) mass is 634 g/mol. The number of halogens is 2. The Hall–Kier alpha value is -3.48. The van der Waals surface area contributed by atoms with Gasteiger partial charge in [0.2, 0.25) is 11.8 Å². The molecule has 0 saturated carbocycles. The fraction of sp³-hybridized carbons (Fsp3) is 0.389. The van der Waals surface area contributed by atoms with Gasteiger partial charge in [-0.3, -0.25) is 9.59 Å². The molecule has 2 N–H and O–H groups in total. The minimum Gasteiger partial charge on any atom is -0.507 e. The van der Waals surface area contributed by atoms with Gasteiger partial charge in [0.15, 0.2) is 0 Å².